The van der Waals surface area contributed by atoms with Crippen molar-refractivity contribution in [1.29, 1.82) is 0 Å². The van der Waals surface area contributed by atoms with Crippen LogP contribution in [0.25, 0.3) is 0 Å². The smallest absolute Gasteiger partial charge is 0.0678 e. The topological polar surface area (TPSA) is 24.5 Å². The zero-order chi connectivity index (χ0) is 10.7. The molecule has 15 heavy (non-hydrogen) atoms. The lowest BCUT2D eigenvalue weighted by atomic mass is 10.2. The molecule has 0 aromatic rings. The third kappa shape index (κ3) is 4.09. The van der Waals surface area contributed by atoms with Gasteiger partial charge in [0.15, 0.2) is 0 Å². The minimum Gasteiger partial charge on any atom is -0.373 e. The van der Waals surface area contributed by atoms with Crippen molar-refractivity contribution >= 4 is 0 Å². The first-order chi connectivity index (χ1) is 7.24. The Morgan fingerprint density at radius 3 is 2.47 bits per heavy atom. The van der Waals surface area contributed by atoms with E-state index in [9.17, 15) is 0 Å². The molecule has 2 fully saturated rings. The molecule has 2 rings (SSSR count). The maximum absolute atomic E-state index is 5.71. The molecule has 3 heteroatoms. The summed E-state index contributed by atoms with van der Waals surface area (Å²) in [6.45, 7) is 8.96. The van der Waals surface area contributed by atoms with Crippen LogP contribution in [-0.4, -0.2) is 49.3 Å². The van der Waals surface area contributed by atoms with Crippen LogP contribution in [0.3, 0.4) is 0 Å². The highest BCUT2D eigenvalue weighted by atomic mass is 16.5. The Morgan fingerprint density at radius 2 is 1.87 bits per heavy atom. The maximum Gasteiger partial charge on any atom is 0.0678 e. The average Bonchev–Trinajstić information content (AvgIpc) is 2.94. The van der Waals surface area contributed by atoms with Crippen molar-refractivity contribution in [3.63, 3.8) is 0 Å². The molecule has 1 N–H and O–H groups in total. The predicted molar refractivity (Wildman–Crippen MR) is 62.1 cm³/mol. The van der Waals surface area contributed by atoms with Crippen LogP contribution in [-0.2, 0) is 4.74 Å². The van der Waals surface area contributed by atoms with E-state index in [0.717, 1.165) is 19.1 Å². The Labute approximate surface area is 93.2 Å². The Bertz CT molecular complexity index is 184. The molecule has 1 saturated carbocycles. The second-order valence-corrected chi connectivity index (χ2v) is 5.10. The Morgan fingerprint density at radius 1 is 1.20 bits per heavy atom. The van der Waals surface area contributed by atoms with Crippen molar-refractivity contribution in [2.45, 2.75) is 51.4 Å². The van der Waals surface area contributed by atoms with Crippen molar-refractivity contribution in [3.05, 3.63) is 0 Å². The van der Waals surface area contributed by atoms with Gasteiger partial charge in [-0.05, 0) is 46.2 Å². The first-order valence-electron chi connectivity index (χ1n) is 6.35. The fourth-order valence-corrected chi connectivity index (χ4v) is 2.36. The standard InChI is InChI=1S/C12H24N2O/c1-10-8-14(9-11(2)15-10)7-3-6-13-12-4-5-12/h10-13H,3-9H2,1-2H3. The third-order valence-electron chi connectivity index (χ3n) is 3.16. The maximum atomic E-state index is 5.71. The molecule has 0 amide bonds. The van der Waals surface area contributed by atoms with Crippen molar-refractivity contribution < 1.29 is 4.74 Å². The largest absolute Gasteiger partial charge is 0.373 e. The van der Waals surface area contributed by atoms with Gasteiger partial charge >= 0.3 is 0 Å². The lowest BCUT2D eigenvalue weighted by molar-refractivity contribution is -0.0680. The number of morpholine rings is 1. The Hall–Kier alpha value is -0.120. The summed E-state index contributed by atoms with van der Waals surface area (Å²) >= 11 is 0. The summed E-state index contributed by atoms with van der Waals surface area (Å²) in [5.41, 5.74) is 0. The zero-order valence-electron chi connectivity index (χ0n) is 10.0. The lowest BCUT2D eigenvalue weighted by Crippen LogP contribution is -2.46. The minimum absolute atomic E-state index is 0.408. The summed E-state index contributed by atoms with van der Waals surface area (Å²) in [5.74, 6) is 0. The highest BCUT2D eigenvalue weighted by molar-refractivity contribution is 4.81. The van der Waals surface area contributed by atoms with Gasteiger partial charge in [0, 0.05) is 19.1 Å². The van der Waals surface area contributed by atoms with Gasteiger partial charge in [-0.15, -0.1) is 0 Å². The van der Waals surface area contributed by atoms with Crippen LogP contribution < -0.4 is 5.32 Å². The molecular weight excluding hydrogens is 188 g/mol. The van der Waals surface area contributed by atoms with E-state index in [1.54, 1.807) is 0 Å². The summed E-state index contributed by atoms with van der Waals surface area (Å²) in [4.78, 5) is 2.54. The van der Waals surface area contributed by atoms with E-state index in [1.807, 2.05) is 0 Å². The molecule has 2 unspecified atom stereocenters. The summed E-state index contributed by atoms with van der Waals surface area (Å²) in [6.07, 6.45) is 4.88. The molecule has 0 aromatic carbocycles. The fraction of sp³-hybridized carbons (Fsp3) is 1.00. The number of hydrogen-bond donors (Lipinski definition) is 1. The quantitative estimate of drug-likeness (QED) is 0.694. The fourth-order valence-electron chi connectivity index (χ4n) is 2.36. The van der Waals surface area contributed by atoms with Crippen LogP contribution in [0.5, 0.6) is 0 Å². The number of nitrogens with zero attached hydrogens (tertiary/aromatic N) is 1. The summed E-state index contributed by atoms with van der Waals surface area (Å²) in [6, 6.07) is 0.854. The van der Waals surface area contributed by atoms with Crippen molar-refractivity contribution in [2.24, 2.45) is 0 Å². The molecule has 2 atom stereocenters. The zero-order valence-corrected chi connectivity index (χ0v) is 10.0. The van der Waals surface area contributed by atoms with E-state index in [0.29, 0.717) is 12.2 Å². The van der Waals surface area contributed by atoms with Gasteiger partial charge in [-0.3, -0.25) is 4.90 Å². The molecule has 0 aromatic heterocycles. The molecule has 1 heterocycles. The van der Waals surface area contributed by atoms with E-state index in [4.69, 9.17) is 4.74 Å². The summed E-state index contributed by atoms with van der Waals surface area (Å²) in [7, 11) is 0. The molecule has 1 saturated heterocycles. The average molecular weight is 212 g/mol. The van der Waals surface area contributed by atoms with E-state index in [1.165, 1.54) is 32.4 Å². The van der Waals surface area contributed by atoms with Gasteiger partial charge in [0.1, 0.15) is 0 Å². The molecular formula is C12H24N2O. The van der Waals surface area contributed by atoms with Crippen LogP contribution in [0.4, 0.5) is 0 Å². The van der Waals surface area contributed by atoms with Gasteiger partial charge < -0.3 is 10.1 Å². The summed E-state index contributed by atoms with van der Waals surface area (Å²) in [5, 5.41) is 3.56. The molecule has 0 spiro atoms. The highest BCUT2D eigenvalue weighted by Crippen LogP contribution is 2.18. The SMILES string of the molecule is CC1CN(CCCNC2CC2)CC(C)O1. The molecule has 3 nitrogen and oxygen atoms in total. The molecule has 1 aliphatic carbocycles. The third-order valence-corrected chi connectivity index (χ3v) is 3.16. The molecule has 2 aliphatic rings. The van der Waals surface area contributed by atoms with Gasteiger partial charge in [0.25, 0.3) is 0 Å². The van der Waals surface area contributed by atoms with E-state index < -0.39 is 0 Å². The van der Waals surface area contributed by atoms with Crippen molar-refractivity contribution in [2.75, 3.05) is 26.2 Å². The van der Waals surface area contributed by atoms with E-state index in [2.05, 4.69) is 24.1 Å². The molecule has 0 bridgehead atoms. The number of nitrogens with one attached hydrogen (secondary N) is 1. The first kappa shape index (κ1) is 11.4. The van der Waals surface area contributed by atoms with Gasteiger partial charge in [-0.2, -0.15) is 0 Å². The minimum atomic E-state index is 0.408. The number of rotatable bonds is 5. The van der Waals surface area contributed by atoms with Crippen LogP contribution in [0, 0.1) is 0 Å². The van der Waals surface area contributed by atoms with Crippen LogP contribution >= 0.6 is 0 Å². The van der Waals surface area contributed by atoms with Gasteiger partial charge in [-0.1, -0.05) is 0 Å². The summed E-state index contributed by atoms with van der Waals surface area (Å²) < 4.78 is 5.71. The lowest BCUT2D eigenvalue weighted by Gasteiger charge is -2.35. The van der Waals surface area contributed by atoms with Crippen LogP contribution in [0.2, 0.25) is 0 Å². The van der Waals surface area contributed by atoms with Crippen LogP contribution in [0.15, 0.2) is 0 Å². The van der Waals surface area contributed by atoms with Gasteiger partial charge in [-0.25, -0.2) is 0 Å². The predicted octanol–water partition coefficient (Wildman–Crippen LogP) is 1.24. The Balaban J connectivity index is 1.56. The van der Waals surface area contributed by atoms with Gasteiger partial charge in [0.05, 0.1) is 12.2 Å². The van der Waals surface area contributed by atoms with Crippen LogP contribution in [0.1, 0.15) is 33.1 Å². The first-order valence-corrected chi connectivity index (χ1v) is 6.35. The highest BCUT2D eigenvalue weighted by Gasteiger charge is 2.22. The second-order valence-electron chi connectivity index (χ2n) is 5.10. The van der Waals surface area contributed by atoms with E-state index in [-0.39, 0.29) is 0 Å². The number of hydrogen-bond acceptors (Lipinski definition) is 3. The van der Waals surface area contributed by atoms with Crippen molar-refractivity contribution in [1.82, 2.24) is 10.2 Å². The van der Waals surface area contributed by atoms with E-state index >= 15 is 0 Å². The molecule has 0 radical (unpaired) electrons. The normalized spacial score (nSPS) is 33.2. The van der Waals surface area contributed by atoms with Gasteiger partial charge in [0.2, 0.25) is 0 Å². The molecule has 88 valence electrons. The second kappa shape index (κ2) is 5.28. The monoisotopic (exact) mass is 212 g/mol. The Kier molecular flexibility index (Phi) is 4.00. The van der Waals surface area contributed by atoms with Crippen molar-refractivity contribution in [3.8, 4) is 0 Å². The molecule has 1 aliphatic heterocycles. The number of ether oxygens (including phenoxy) is 1.